The lowest BCUT2D eigenvalue weighted by Gasteiger charge is -2.06. The normalized spacial score (nSPS) is 10.5. The number of rotatable bonds is 8. The number of nitrogens with one attached hydrogen (secondary N) is 2. The van der Waals surface area contributed by atoms with Crippen LogP contribution in [0.2, 0.25) is 0 Å². The molecule has 2 N–H and O–H groups in total. The lowest BCUT2D eigenvalue weighted by molar-refractivity contribution is -0.139. The molecule has 2 aromatic carbocycles. The SMILES string of the molecule is COCCNC(=O)C(=O)N/N=C/c1cccc(OCc2ccccc2)c1. The van der Waals surface area contributed by atoms with E-state index in [1.54, 1.807) is 6.07 Å². The van der Waals surface area contributed by atoms with E-state index in [9.17, 15) is 9.59 Å². The van der Waals surface area contributed by atoms with Crippen molar-refractivity contribution in [2.24, 2.45) is 5.10 Å². The van der Waals surface area contributed by atoms with Crippen molar-refractivity contribution in [2.75, 3.05) is 20.3 Å². The predicted octanol–water partition coefficient (Wildman–Crippen LogP) is 1.48. The Balaban J connectivity index is 1.82. The van der Waals surface area contributed by atoms with Gasteiger partial charge in [0.05, 0.1) is 12.8 Å². The maximum absolute atomic E-state index is 11.6. The molecule has 0 aliphatic carbocycles. The third-order valence-electron chi connectivity index (χ3n) is 3.28. The molecule has 0 spiro atoms. The van der Waals surface area contributed by atoms with Crippen molar-refractivity contribution in [1.29, 1.82) is 0 Å². The molecule has 26 heavy (non-hydrogen) atoms. The molecule has 0 saturated carbocycles. The zero-order valence-electron chi connectivity index (χ0n) is 14.5. The Labute approximate surface area is 152 Å². The van der Waals surface area contributed by atoms with Crippen LogP contribution in [0.4, 0.5) is 0 Å². The summed E-state index contributed by atoms with van der Waals surface area (Å²) in [4.78, 5) is 23.0. The van der Waals surface area contributed by atoms with Crippen LogP contribution in [0.3, 0.4) is 0 Å². The monoisotopic (exact) mass is 355 g/mol. The molecule has 0 unspecified atom stereocenters. The second-order valence-electron chi connectivity index (χ2n) is 5.29. The Morgan fingerprint density at radius 1 is 1.08 bits per heavy atom. The fourth-order valence-electron chi connectivity index (χ4n) is 1.99. The molecule has 7 nitrogen and oxygen atoms in total. The lowest BCUT2D eigenvalue weighted by atomic mass is 10.2. The van der Waals surface area contributed by atoms with Gasteiger partial charge < -0.3 is 14.8 Å². The third-order valence-corrected chi connectivity index (χ3v) is 3.28. The van der Waals surface area contributed by atoms with E-state index in [1.807, 2.05) is 48.5 Å². The number of nitrogens with zero attached hydrogens (tertiary/aromatic N) is 1. The van der Waals surface area contributed by atoms with Crippen LogP contribution >= 0.6 is 0 Å². The van der Waals surface area contributed by atoms with E-state index < -0.39 is 11.8 Å². The van der Waals surface area contributed by atoms with Crippen LogP contribution in [0.15, 0.2) is 59.7 Å². The van der Waals surface area contributed by atoms with E-state index >= 15 is 0 Å². The van der Waals surface area contributed by atoms with Gasteiger partial charge in [0.1, 0.15) is 12.4 Å². The Morgan fingerprint density at radius 3 is 2.65 bits per heavy atom. The van der Waals surface area contributed by atoms with Gasteiger partial charge in [-0.25, -0.2) is 5.43 Å². The second-order valence-corrected chi connectivity index (χ2v) is 5.29. The molecule has 0 aliphatic heterocycles. The van der Waals surface area contributed by atoms with E-state index in [0.717, 1.165) is 11.1 Å². The summed E-state index contributed by atoms with van der Waals surface area (Å²) in [6, 6.07) is 17.1. The maximum atomic E-state index is 11.6. The molecule has 2 aromatic rings. The van der Waals surface area contributed by atoms with E-state index in [-0.39, 0.29) is 6.54 Å². The van der Waals surface area contributed by atoms with Gasteiger partial charge in [-0.3, -0.25) is 9.59 Å². The highest BCUT2D eigenvalue weighted by Crippen LogP contribution is 2.14. The molecular weight excluding hydrogens is 334 g/mol. The number of carbonyl (C=O) groups is 2. The van der Waals surface area contributed by atoms with E-state index in [4.69, 9.17) is 9.47 Å². The first-order valence-electron chi connectivity index (χ1n) is 8.06. The minimum Gasteiger partial charge on any atom is -0.489 e. The van der Waals surface area contributed by atoms with Crippen molar-refractivity contribution in [1.82, 2.24) is 10.7 Å². The smallest absolute Gasteiger partial charge is 0.329 e. The summed E-state index contributed by atoms with van der Waals surface area (Å²) < 4.78 is 10.5. The van der Waals surface area contributed by atoms with Crippen molar-refractivity contribution in [3.05, 3.63) is 65.7 Å². The first-order valence-corrected chi connectivity index (χ1v) is 8.06. The fourth-order valence-corrected chi connectivity index (χ4v) is 1.99. The van der Waals surface area contributed by atoms with Crippen molar-refractivity contribution in [2.45, 2.75) is 6.61 Å². The average molecular weight is 355 g/mol. The standard InChI is InChI=1S/C19H21N3O4/c1-25-11-10-20-18(23)19(24)22-21-13-16-8-5-9-17(12-16)26-14-15-6-3-2-4-7-15/h2-9,12-13H,10-11,14H2,1H3,(H,20,23)(H,22,24)/b21-13+. The number of amides is 2. The van der Waals surface area contributed by atoms with Crippen LogP contribution < -0.4 is 15.5 Å². The van der Waals surface area contributed by atoms with Crippen LogP contribution in [0.25, 0.3) is 0 Å². The quantitative estimate of drug-likeness (QED) is 0.325. The van der Waals surface area contributed by atoms with Gasteiger partial charge in [0, 0.05) is 13.7 Å². The largest absolute Gasteiger partial charge is 0.489 e. The third kappa shape index (κ3) is 6.74. The van der Waals surface area contributed by atoms with Gasteiger partial charge in [-0.15, -0.1) is 0 Å². The molecule has 136 valence electrons. The molecule has 2 amide bonds. The number of hydrazone groups is 1. The number of carbonyl (C=O) groups excluding carboxylic acids is 2. The van der Waals surface area contributed by atoms with E-state index in [0.29, 0.717) is 19.0 Å². The van der Waals surface area contributed by atoms with E-state index in [1.165, 1.54) is 13.3 Å². The lowest BCUT2D eigenvalue weighted by Crippen LogP contribution is -2.39. The van der Waals surface area contributed by atoms with Crippen LogP contribution in [0, 0.1) is 0 Å². The summed E-state index contributed by atoms with van der Waals surface area (Å²) in [5.41, 5.74) is 3.97. The molecule has 0 bridgehead atoms. The van der Waals surface area contributed by atoms with Gasteiger partial charge in [0.25, 0.3) is 0 Å². The average Bonchev–Trinajstić information content (AvgIpc) is 2.67. The highest BCUT2D eigenvalue weighted by molar-refractivity contribution is 6.35. The summed E-state index contributed by atoms with van der Waals surface area (Å²) in [7, 11) is 1.51. The molecule has 0 heterocycles. The Kier molecular flexibility index (Phi) is 7.82. The van der Waals surface area contributed by atoms with Crippen LogP contribution in [0.5, 0.6) is 5.75 Å². The van der Waals surface area contributed by atoms with Crippen LogP contribution in [0.1, 0.15) is 11.1 Å². The summed E-state index contributed by atoms with van der Waals surface area (Å²) >= 11 is 0. The van der Waals surface area contributed by atoms with Gasteiger partial charge in [-0.2, -0.15) is 5.10 Å². The van der Waals surface area contributed by atoms with Crippen molar-refractivity contribution < 1.29 is 19.1 Å². The molecule has 0 aromatic heterocycles. The summed E-state index contributed by atoms with van der Waals surface area (Å²) in [6.07, 6.45) is 1.44. The summed E-state index contributed by atoms with van der Waals surface area (Å²) in [5, 5.41) is 6.18. The second kappa shape index (κ2) is 10.6. The topological polar surface area (TPSA) is 89.0 Å². The number of ether oxygens (including phenoxy) is 2. The minimum absolute atomic E-state index is 0.257. The molecule has 0 radical (unpaired) electrons. The van der Waals surface area contributed by atoms with Crippen molar-refractivity contribution in [3.8, 4) is 5.75 Å². The fraction of sp³-hybridized carbons (Fsp3) is 0.211. The Hall–Kier alpha value is -3.19. The molecule has 0 saturated heterocycles. The zero-order chi connectivity index (χ0) is 18.6. The van der Waals surface area contributed by atoms with Gasteiger partial charge >= 0.3 is 11.8 Å². The molecule has 0 atom stereocenters. The van der Waals surface area contributed by atoms with Crippen molar-refractivity contribution >= 4 is 18.0 Å². The maximum Gasteiger partial charge on any atom is 0.329 e. The minimum atomic E-state index is -0.839. The summed E-state index contributed by atoms with van der Waals surface area (Å²) in [5.74, 6) is -0.922. The summed E-state index contributed by atoms with van der Waals surface area (Å²) in [6.45, 7) is 1.05. The number of benzene rings is 2. The Morgan fingerprint density at radius 2 is 1.88 bits per heavy atom. The number of hydrogen-bond acceptors (Lipinski definition) is 5. The highest BCUT2D eigenvalue weighted by Gasteiger charge is 2.11. The predicted molar refractivity (Wildman–Crippen MR) is 97.8 cm³/mol. The molecule has 0 fully saturated rings. The van der Waals surface area contributed by atoms with Crippen LogP contribution in [-0.4, -0.2) is 38.3 Å². The first kappa shape index (κ1) is 19.1. The number of methoxy groups -OCH3 is 1. The van der Waals surface area contributed by atoms with Gasteiger partial charge in [-0.05, 0) is 23.3 Å². The highest BCUT2D eigenvalue weighted by atomic mass is 16.5. The molecule has 0 aliphatic rings. The molecule has 7 heteroatoms. The molecular formula is C19H21N3O4. The first-order chi connectivity index (χ1) is 12.7. The van der Waals surface area contributed by atoms with Crippen molar-refractivity contribution in [3.63, 3.8) is 0 Å². The Bertz CT molecular complexity index is 747. The van der Waals surface area contributed by atoms with Gasteiger partial charge in [0.15, 0.2) is 0 Å². The van der Waals surface area contributed by atoms with Crippen LogP contribution in [-0.2, 0) is 20.9 Å². The zero-order valence-corrected chi connectivity index (χ0v) is 14.5. The number of hydrogen-bond donors (Lipinski definition) is 2. The van der Waals surface area contributed by atoms with E-state index in [2.05, 4.69) is 15.8 Å². The molecule has 2 rings (SSSR count). The van der Waals surface area contributed by atoms with Gasteiger partial charge in [0.2, 0.25) is 0 Å². The van der Waals surface area contributed by atoms with Gasteiger partial charge in [-0.1, -0.05) is 42.5 Å².